The van der Waals surface area contributed by atoms with Gasteiger partial charge in [-0.15, -0.1) is 0 Å². The van der Waals surface area contributed by atoms with Crippen molar-refractivity contribution >= 4 is 6.47 Å². The van der Waals surface area contributed by atoms with Crippen molar-refractivity contribution in [3.63, 3.8) is 0 Å². The first-order chi connectivity index (χ1) is 8.31. The van der Waals surface area contributed by atoms with Crippen molar-refractivity contribution in [3.8, 4) is 0 Å². The van der Waals surface area contributed by atoms with Gasteiger partial charge < -0.3 is 10.1 Å². The molecule has 1 aliphatic heterocycles. The summed E-state index contributed by atoms with van der Waals surface area (Å²) >= 11 is 0. The highest BCUT2D eigenvalue weighted by Crippen LogP contribution is 1.96. The predicted octanol–water partition coefficient (Wildman–Crippen LogP) is 2.37. The van der Waals surface area contributed by atoms with Crippen LogP contribution < -0.4 is 5.32 Å². The van der Waals surface area contributed by atoms with Gasteiger partial charge in [-0.2, -0.15) is 0 Å². The number of ether oxygens (including phenoxy) is 1. The number of hydrogen-bond acceptors (Lipinski definition) is 3. The first-order valence-electron chi connectivity index (χ1n) is 5.69. The SMILES string of the molecule is C1CCNCC1.COC=O.Fc1ccccc1. The zero-order chi connectivity index (χ0) is 12.8. The Kier molecular flexibility index (Phi) is 11.6. The van der Waals surface area contributed by atoms with Crippen LogP contribution in [0.1, 0.15) is 19.3 Å². The minimum absolute atomic E-state index is 0.178. The second-order valence-corrected chi connectivity index (χ2v) is 3.44. The molecule has 1 aromatic carbocycles. The molecule has 0 radical (unpaired) electrons. The number of piperidine rings is 1. The van der Waals surface area contributed by atoms with Crippen molar-refractivity contribution in [2.45, 2.75) is 19.3 Å². The van der Waals surface area contributed by atoms with E-state index in [1.807, 2.05) is 0 Å². The third-order valence-electron chi connectivity index (χ3n) is 2.04. The van der Waals surface area contributed by atoms with E-state index in [1.165, 1.54) is 51.6 Å². The molecule has 1 saturated heterocycles. The fourth-order valence-electron chi connectivity index (χ4n) is 1.22. The Labute approximate surface area is 102 Å². The summed E-state index contributed by atoms with van der Waals surface area (Å²) in [6, 6.07) is 7.94. The Bertz CT molecular complexity index is 252. The van der Waals surface area contributed by atoms with Crippen LogP contribution in [-0.4, -0.2) is 26.7 Å². The topological polar surface area (TPSA) is 38.3 Å². The van der Waals surface area contributed by atoms with Crippen molar-refractivity contribution in [3.05, 3.63) is 36.1 Å². The van der Waals surface area contributed by atoms with Gasteiger partial charge in [-0.25, -0.2) is 4.39 Å². The average molecular weight is 241 g/mol. The maximum Gasteiger partial charge on any atom is 0.292 e. The molecule has 1 N–H and O–H groups in total. The molecule has 1 aliphatic rings. The number of halogens is 1. The van der Waals surface area contributed by atoms with Gasteiger partial charge in [0, 0.05) is 0 Å². The number of carbonyl (C=O) groups excluding carboxylic acids is 1. The van der Waals surface area contributed by atoms with Crippen molar-refractivity contribution in [1.82, 2.24) is 5.32 Å². The molecule has 2 rings (SSSR count). The van der Waals surface area contributed by atoms with Crippen LogP contribution in [0.4, 0.5) is 4.39 Å². The third-order valence-corrected chi connectivity index (χ3v) is 2.04. The van der Waals surface area contributed by atoms with E-state index in [-0.39, 0.29) is 5.82 Å². The monoisotopic (exact) mass is 241 g/mol. The van der Waals surface area contributed by atoms with Gasteiger partial charge in [0.2, 0.25) is 0 Å². The Morgan fingerprint density at radius 2 is 1.71 bits per heavy atom. The molecular formula is C13H20FNO2. The van der Waals surface area contributed by atoms with E-state index in [0.717, 1.165) is 0 Å². The van der Waals surface area contributed by atoms with Gasteiger partial charge in [0.15, 0.2) is 0 Å². The largest absolute Gasteiger partial charge is 0.471 e. The summed E-state index contributed by atoms with van der Waals surface area (Å²) < 4.78 is 15.8. The molecule has 96 valence electrons. The quantitative estimate of drug-likeness (QED) is 0.767. The summed E-state index contributed by atoms with van der Waals surface area (Å²) in [6.07, 6.45) is 4.22. The fourth-order valence-corrected chi connectivity index (χ4v) is 1.22. The number of rotatable bonds is 1. The van der Waals surface area contributed by atoms with Crippen LogP contribution in [0.15, 0.2) is 30.3 Å². The van der Waals surface area contributed by atoms with Crippen LogP contribution >= 0.6 is 0 Å². The highest BCUT2D eigenvalue weighted by Gasteiger charge is 1.93. The minimum atomic E-state index is -0.178. The van der Waals surface area contributed by atoms with Gasteiger partial charge in [-0.05, 0) is 38.1 Å². The molecule has 17 heavy (non-hydrogen) atoms. The summed E-state index contributed by atoms with van der Waals surface area (Å²) in [6.45, 7) is 2.88. The number of nitrogens with one attached hydrogen (secondary N) is 1. The molecule has 1 fully saturated rings. The summed E-state index contributed by atoms with van der Waals surface area (Å²) in [4.78, 5) is 8.95. The van der Waals surface area contributed by atoms with Gasteiger partial charge in [-0.3, -0.25) is 4.79 Å². The molecule has 0 unspecified atom stereocenters. The zero-order valence-corrected chi connectivity index (χ0v) is 10.2. The molecule has 0 aliphatic carbocycles. The van der Waals surface area contributed by atoms with E-state index >= 15 is 0 Å². The molecule has 0 saturated carbocycles. The van der Waals surface area contributed by atoms with E-state index in [0.29, 0.717) is 6.47 Å². The molecular weight excluding hydrogens is 221 g/mol. The van der Waals surface area contributed by atoms with Gasteiger partial charge in [0.25, 0.3) is 6.47 Å². The van der Waals surface area contributed by atoms with Crippen molar-refractivity contribution in [2.75, 3.05) is 20.2 Å². The number of methoxy groups -OCH3 is 1. The maximum atomic E-state index is 11.9. The normalized spacial score (nSPS) is 13.3. The lowest BCUT2D eigenvalue weighted by Crippen LogP contribution is -2.21. The number of hydrogen-bond donors (Lipinski definition) is 1. The van der Waals surface area contributed by atoms with Crippen LogP contribution in [0.25, 0.3) is 0 Å². The van der Waals surface area contributed by atoms with Crippen molar-refractivity contribution in [1.29, 1.82) is 0 Å². The van der Waals surface area contributed by atoms with Gasteiger partial charge >= 0.3 is 0 Å². The van der Waals surface area contributed by atoms with Crippen LogP contribution in [0.5, 0.6) is 0 Å². The fraction of sp³-hybridized carbons (Fsp3) is 0.462. The summed E-state index contributed by atoms with van der Waals surface area (Å²) in [7, 11) is 1.31. The Hall–Kier alpha value is -1.42. The first kappa shape index (κ1) is 15.6. The molecule has 0 atom stereocenters. The molecule has 0 amide bonds. The van der Waals surface area contributed by atoms with Crippen LogP contribution in [0.3, 0.4) is 0 Å². The van der Waals surface area contributed by atoms with Crippen molar-refractivity contribution in [2.24, 2.45) is 0 Å². The van der Waals surface area contributed by atoms with E-state index in [1.54, 1.807) is 18.2 Å². The van der Waals surface area contributed by atoms with Crippen LogP contribution in [-0.2, 0) is 9.53 Å². The highest BCUT2D eigenvalue weighted by atomic mass is 19.1. The van der Waals surface area contributed by atoms with Crippen molar-refractivity contribution < 1.29 is 13.9 Å². The van der Waals surface area contributed by atoms with Crippen LogP contribution in [0, 0.1) is 5.82 Å². The second-order valence-electron chi connectivity index (χ2n) is 3.44. The lowest BCUT2D eigenvalue weighted by Gasteiger charge is -2.08. The lowest BCUT2D eigenvalue weighted by atomic mass is 10.2. The van der Waals surface area contributed by atoms with Gasteiger partial charge in [0.05, 0.1) is 7.11 Å². The second kappa shape index (κ2) is 12.6. The average Bonchev–Trinajstić information content (AvgIpc) is 2.43. The number of carbonyl (C=O) groups is 1. The third kappa shape index (κ3) is 12.5. The van der Waals surface area contributed by atoms with E-state index < -0.39 is 0 Å². The summed E-state index contributed by atoms with van der Waals surface area (Å²) in [5.74, 6) is -0.178. The minimum Gasteiger partial charge on any atom is -0.471 e. The molecule has 4 heteroatoms. The maximum absolute atomic E-state index is 11.9. The van der Waals surface area contributed by atoms with Crippen LogP contribution in [0.2, 0.25) is 0 Å². The highest BCUT2D eigenvalue weighted by molar-refractivity contribution is 5.36. The molecule has 0 aromatic heterocycles. The van der Waals surface area contributed by atoms with E-state index in [2.05, 4.69) is 10.1 Å². The predicted molar refractivity (Wildman–Crippen MR) is 66.2 cm³/mol. The summed E-state index contributed by atoms with van der Waals surface area (Å²) in [5, 5.41) is 3.28. The lowest BCUT2D eigenvalue weighted by molar-refractivity contribution is -0.126. The zero-order valence-electron chi connectivity index (χ0n) is 10.2. The Morgan fingerprint density at radius 1 is 1.18 bits per heavy atom. The van der Waals surface area contributed by atoms with Gasteiger partial charge in [0.1, 0.15) is 5.82 Å². The Morgan fingerprint density at radius 3 is 1.88 bits per heavy atom. The smallest absolute Gasteiger partial charge is 0.292 e. The van der Waals surface area contributed by atoms with E-state index in [9.17, 15) is 4.39 Å². The van der Waals surface area contributed by atoms with E-state index in [4.69, 9.17) is 4.79 Å². The standard InChI is InChI=1S/C6H5F.C5H11N.C2H4O2/c7-6-4-2-1-3-5-6;1-2-4-6-5-3-1;1-4-2-3/h1-5H;6H,1-5H2;2H,1H3. The molecule has 1 aromatic rings. The molecule has 1 heterocycles. The molecule has 3 nitrogen and oxygen atoms in total. The molecule has 0 spiro atoms. The Balaban J connectivity index is 0.000000236. The molecule has 0 bridgehead atoms. The first-order valence-corrected chi connectivity index (χ1v) is 5.69. The summed E-state index contributed by atoms with van der Waals surface area (Å²) in [5.41, 5.74) is 0. The van der Waals surface area contributed by atoms with Gasteiger partial charge in [-0.1, -0.05) is 24.6 Å². The number of benzene rings is 1.